The number of methoxy groups -OCH3 is 1. The maximum atomic E-state index is 13.6. The van der Waals surface area contributed by atoms with E-state index in [-0.39, 0.29) is 24.4 Å². The molecule has 1 N–H and O–H groups in total. The van der Waals surface area contributed by atoms with E-state index in [4.69, 9.17) is 4.74 Å². The van der Waals surface area contributed by atoms with Crippen LogP contribution in [-0.4, -0.2) is 52.8 Å². The molecule has 3 heterocycles. The highest BCUT2D eigenvalue weighted by Gasteiger charge is 2.48. The molecule has 1 saturated carbocycles. The second-order valence-electron chi connectivity index (χ2n) is 9.25. The standard InChI is InChI=1S/C26H27N3O3/c1-32-18-10-8-17(9-11-18)25-24-20(19-4-2-3-5-21(19)27-24)14-22-26(31)28(13-12-16-6-7-16)15-23(30)29(22)25/h2-5,8-11,16,22,25,27H,6-7,12-15H2,1H3/t22-,25-/m1/s1. The largest absolute Gasteiger partial charge is 0.497 e. The molecular formula is C26H27N3O3. The molecule has 32 heavy (non-hydrogen) atoms. The minimum Gasteiger partial charge on any atom is -0.497 e. The predicted octanol–water partition coefficient (Wildman–Crippen LogP) is 3.66. The highest BCUT2D eigenvalue weighted by molar-refractivity contribution is 5.97. The molecule has 0 spiro atoms. The number of amides is 2. The molecule has 2 amide bonds. The summed E-state index contributed by atoms with van der Waals surface area (Å²) in [6.45, 7) is 0.859. The number of benzene rings is 2. The summed E-state index contributed by atoms with van der Waals surface area (Å²) in [6.07, 6.45) is 4.07. The number of ether oxygens (including phenoxy) is 1. The van der Waals surface area contributed by atoms with E-state index in [0.29, 0.717) is 13.0 Å². The molecule has 0 bridgehead atoms. The van der Waals surface area contributed by atoms with Gasteiger partial charge < -0.3 is 19.5 Å². The van der Waals surface area contributed by atoms with Crippen molar-refractivity contribution in [3.05, 3.63) is 65.4 Å². The van der Waals surface area contributed by atoms with Crippen molar-refractivity contribution in [1.29, 1.82) is 0 Å². The third-order valence-corrected chi connectivity index (χ3v) is 7.28. The van der Waals surface area contributed by atoms with Crippen molar-refractivity contribution in [1.82, 2.24) is 14.8 Å². The van der Waals surface area contributed by atoms with Crippen molar-refractivity contribution in [3.8, 4) is 5.75 Å². The molecule has 0 radical (unpaired) electrons. The fraction of sp³-hybridized carbons (Fsp3) is 0.385. The molecule has 2 fully saturated rings. The molecule has 164 valence electrons. The monoisotopic (exact) mass is 429 g/mol. The Morgan fingerprint density at radius 3 is 2.59 bits per heavy atom. The summed E-state index contributed by atoms with van der Waals surface area (Å²) in [6, 6.07) is 15.2. The fourth-order valence-corrected chi connectivity index (χ4v) is 5.39. The van der Waals surface area contributed by atoms with Gasteiger partial charge in [-0.05, 0) is 41.7 Å². The van der Waals surface area contributed by atoms with E-state index < -0.39 is 6.04 Å². The first-order valence-electron chi connectivity index (χ1n) is 11.5. The summed E-state index contributed by atoms with van der Waals surface area (Å²) in [7, 11) is 1.64. The van der Waals surface area contributed by atoms with Gasteiger partial charge >= 0.3 is 0 Å². The minimum absolute atomic E-state index is 0.0236. The number of carbonyl (C=O) groups is 2. The van der Waals surface area contributed by atoms with Crippen LogP contribution in [0, 0.1) is 5.92 Å². The van der Waals surface area contributed by atoms with E-state index in [1.807, 2.05) is 41.3 Å². The van der Waals surface area contributed by atoms with Crippen molar-refractivity contribution in [2.75, 3.05) is 20.2 Å². The van der Waals surface area contributed by atoms with Crippen LogP contribution in [0.15, 0.2) is 48.5 Å². The number of rotatable bonds is 5. The second-order valence-corrected chi connectivity index (χ2v) is 9.25. The molecule has 6 nitrogen and oxygen atoms in total. The number of aromatic nitrogens is 1. The van der Waals surface area contributed by atoms with Crippen LogP contribution in [0.2, 0.25) is 0 Å². The lowest BCUT2D eigenvalue weighted by Gasteiger charge is -2.47. The predicted molar refractivity (Wildman–Crippen MR) is 121 cm³/mol. The summed E-state index contributed by atoms with van der Waals surface area (Å²) >= 11 is 0. The Morgan fingerprint density at radius 1 is 1.06 bits per heavy atom. The van der Waals surface area contributed by atoms with Crippen LogP contribution in [-0.2, 0) is 16.0 Å². The van der Waals surface area contributed by atoms with Gasteiger partial charge in [0.15, 0.2) is 0 Å². The summed E-state index contributed by atoms with van der Waals surface area (Å²) in [5.74, 6) is 1.61. The zero-order valence-electron chi connectivity index (χ0n) is 18.2. The van der Waals surface area contributed by atoms with E-state index in [2.05, 4.69) is 17.1 Å². The number of nitrogens with zero attached hydrogens (tertiary/aromatic N) is 2. The number of aromatic amines is 1. The molecule has 1 saturated heterocycles. The minimum atomic E-state index is -0.464. The van der Waals surface area contributed by atoms with Gasteiger partial charge in [-0.15, -0.1) is 0 Å². The van der Waals surface area contributed by atoms with Gasteiger partial charge in [0.25, 0.3) is 0 Å². The molecule has 1 aliphatic carbocycles. The molecule has 3 aliphatic rings. The molecule has 3 aromatic rings. The van der Waals surface area contributed by atoms with Crippen molar-refractivity contribution < 1.29 is 14.3 Å². The number of nitrogens with one attached hydrogen (secondary N) is 1. The van der Waals surface area contributed by atoms with Crippen LogP contribution in [0.4, 0.5) is 0 Å². The average Bonchev–Trinajstić information content (AvgIpc) is 3.58. The van der Waals surface area contributed by atoms with E-state index in [0.717, 1.165) is 45.8 Å². The average molecular weight is 430 g/mol. The van der Waals surface area contributed by atoms with Crippen LogP contribution < -0.4 is 4.74 Å². The summed E-state index contributed by atoms with van der Waals surface area (Å²) < 4.78 is 5.33. The van der Waals surface area contributed by atoms with E-state index >= 15 is 0 Å². The van der Waals surface area contributed by atoms with Crippen molar-refractivity contribution in [2.45, 2.75) is 37.8 Å². The highest BCUT2D eigenvalue weighted by atomic mass is 16.5. The summed E-state index contributed by atoms with van der Waals surface area (Å²) in [5, 5.41) is 1.14. The quantitative estimate of drug-likeness (QED) is 0.673. The van der Waals surface area contributed by atoms with Crippen LogP contribution in [0.1, 0.15) is 42.1 Å². The third-order valence-electron chi connectivity index (χ3n) is 7.28. The molecule has 6 heteroatoms. The van der Waals surface area contributed by atoms with Gasteiger partial charge in [-0.1, -0.05) is 43.2 Å². The topological polar surface area (TPSA) is 65.6 Å². The smallest absolute Gasteiger partial charge is 0.246 e. The number of hydrogen-bond donors (Lipinski definition) is 1. The zero-order valence-corrected chi connectivity index (χ0v) is 18.2. The van der Waals surface area contributed by atoms with Gasteiger partial charge in [0.1, 0.15) is 11.8 Å². The molecule has 2 atom stereocenters. The van der Waals surface area contributed by atoms with Gasteiger partial charge in [-0.25, -0.2) is 0 Å². The summed E-state index contributed by atoms with van der Waals surface area (Å²) in [5.41, 5.74) is 4.19. The Balaban J connectivity index is 1.45. The second kappa shape index (κ2) is 7.40. The Kier molecular flexibility index (Phi) is 4.49. The van der Waals surface area contributed by atoms with Crippen molar-refractivity contribution >= 4 is 22.7 Å². The molecule has 2 aromatic carbocycles. The van der Waals surface area contributed by atoms with Gasteiger partial charge in [-0.3, -0.25) is 9.59 Å². The first kappa shape index (κ1) is 19.4. The number of fused-ring (bicyclic) bond motifs is 4. The first-order valence-corrected chi connectivity index (χ1v) is 11.5. The molecule has 6 rings (SSSR count). The highest BCUT2D eigenvalue weighted by Crippen LogP contribution is 2.43. The Bertz CT molecular complexity index is 1190. The maximum Gasteiger partial charge on any atom is 0.246 e. The molecule has 1 aromatic heterocycles. The van der Waals surface area contributed by atoms with Gasteiger partial charge in [0, 0.05) is 29.6 Å². The van der Waals surface area contributed by atoms with Crippen molar-refractivity contribution in [2.24, 2.45) is 5.92 Å². The third kappa shape index (κ3) is 3.08. The van der Waals surface area contributed by atoms with Gasteiger partial charge in [0.2, 0.25) is 11.8 Å². The number of piperazine rings is 1. The van der Waals surface area contributed by atoms with Crippen molar-refractivity contribution in [3.63, 3.8) is 0 Å². The molecule has 2 aliphatic heterocycles. The van der Waals surface area contributed by atoms with E-state index in [1.54, 1.807) is 12.0 Å². The molecule has 0 unspecified atom stereocenters. The Morgan fingerprint density at radius 2 is 1.84 bits per heavy atom. The van der Waals surface area contributed by atoms with E-state index in [9.17, 15) is 9.59 Å². The number of H-pyrrole nitrogens is 1. The SMILES string of the molecule is COc1ccc([C@@H]2c3[nH]c4ccccc4c3C[C@@H]3C(=O)N(CCC4CC4)CC(=O)N23)cc1. The summed E-state index contributed by atoms with van der Waals surface area (Å²) in [4.78, 5) is 34.3. The van der Waals surface area contributed by atoms with Crippen LogP contribution in [0.25, 0.3) is 10.9 Å². The Hall–Kier alpha value is -3.28. The van der Waals surface area contributed by atoms with Crippen LogP contribution in [0.3, 0.4) is 0 Å². The number of hydrogen-bond acceptors (Lipinski definition) is 3. The van der Waals surface area contributed by atoms with Gasteiger partial charge in [0.05, 0.1) is 19.7 Å². The fourth-order valence-electron chi connectivity index (χ4n) is 5.39. The lowest BCUT2D eigenvalue weighted by atomic mass is 9.86. The van der Waals surface area contributed by atoms with Crippen LogP contribution >= 0.6 is 0 Å². The zero-order chi connectivity index (χ0) is 21.8. The van der Waals surface area contributed by atoms with Gasteiger partial charge in [-0.2, -0.15) is 0 Å². The van der Waals surface area contributed by atoms with E-state index in [1.165, 1.54) is 12.8 Å². The normalized spacial score (nSPS) is 22.8. The van der Waals surface area contributed by atoms with Crippen LogP contribution in [0.5, 0.6) is 5.75 Å². The lowest BCUT2D eigenvalue weighted by Crippen LogP contribution is -2.63. The Labute approximate surface area is 187 Å². The molecular weight excluding hydrogens is 402 g/mol. The maximum absolute atomic E-state index is 13.6. The number of carbonyl (C=O) groups excluding carboxylic acids is 2. The number of para-hydroxylation sites is 1. The first-order chi connectivity index (χ1) is 15.6. The lowest BCUT2D eigenvalue weighted by molar-refractivity contribution is -0.158.